The Hall–Kier alpha value is -2.63. The van der Waals surface area contributed by atoms with E-state index >= 15 is 0 Å². The van der Waals surface area contributed by atoms with E-state index in [0.29, 0.717) is 21.8 Å². The Labute approximate surface area is 163 Å². The second-order valence-electron chi connectivity index (χ2n) is 5.84. The fraction of sp³-hybridized carbons (Fsp3) is 0.176. The first kappa shape index (κ1) is 20.1. The number of carbonyl (C=O) groups is 1. The maximum atomic E-state index is 13.2. The number of aryl methyl sites for hydroxylation is 1. The summed E-state index contributed by atoms with van der Waals surface area (Å²) in [7, 11) is -4.04. The number of thiazole rings is 1. The molecule has 0 atom stereocenters. The lowest BCUT2D eigenvalue weighted by molar-refractivity contribution is -0.114. The normalized spacial score (nSPS) is 11.6. The summed E-state index contributed by atoms with van der Waals surface area (Å²) in [5.41, 5.74) is 0.696. The lowest BCUT2D eigenvalue weighted by atomic mass is 10.2. The fourth-order valence-corrected chi connectivity index (χ4v) is 4.30. The summed E-state index contributed by atoms with van der Waals surface area (Å²) in [5, 5.41) is 2.57. The highest BCUT2D eigenvalue weighted by atomic mass is 32.2. The highest BCUT2D eigenvalue weighted by Crippen LogP contribution is 2.34. The van der Waals surface area contributed by atoms with E-state index in [1.165, 1.54) is 19.1 Å². The molecule has 1 aromatic carbocycles. The third-order valence-corrected chi connectivity index (χ3v) is 5.90. The van der Waals surface area contributed by atoms with Gasteiger partial charge in [0.25, 0.3) is 10.0 Å². The standard InChI is InChI=1S/C17H15F2N3O4S2/c1-9-16(27-17(21-9)22-10(2)23)14-3-4-15(26-14)28(24,25)20-8-11-5-12(18)7-13(19)6-11/h3-7,20H,8H2,1-2H3,(H,21,22,23). The molecule has 11 heteroatoms. The molecule has 0 fully saturated rings. The van der Waals surface area contributed by atoms with Gasteiger partial charge >= 0.3 is 0 Å². The molecule has 2 aromatic heterocycles. The van der Waals surface area contributed by atoms with Crippen molar-refractivity contribution in [2.75, 3.05) is 5.32 Å². The summed E-state index contributed by atoms with van der Waals surface area (Å²) in [6.07, 6.45) is 0. The van der Waals surface area contributed by atoms with Gasteiger partial charge in [-0.25, -0.2) is 26.9 Å². The van der Waals surface area contributed by atoms with Crippen LogP contribution in [0.1, 0.15) is 18.2 Å². The molecule has 0 aliphatic carbocycles. The van der Waals surface area contributed by atoms with Crippen molar-refractivity contribution in [2.45, 2.75) is 25.5 Å². The summed E-state index contributed by atoms with van der Waals surface area (Å²) in [6, 6.07) is 5.49. The van der Waals surface area contributed by atoms with Crippen LogP contribution in [0.2, 0.25) is 0 Å². The topological polar surface area (TPSA) is 101 Å². The summed E-state index contributed by atoms with van der Waals surface area (Å²) in [5.74, 6) is -1.61. The van der Waals surface area contributed by atoms with Gasteiger partial charge in [-0.05, 0) is 36.8 Å². The zero-order valence-corrected chi connectivity index (χ0v) is 16.4. The number of nitrogens with one attached hydrogen (secondary N) is 2. The Morgan fingerprint density at radius 1 is 1.21 bits per heavy atom. The molecule has 2 N–H and O–H groups in total. The quantitative estimate of drug-likeness (QED) is 0.628. The van der Waals surface area contributed by atoms with E-state index in [2.05, 4.69) is 15.0 Å². The van der Waals surface area contributed by atoms with Gasteiger partial charge in [0, 0.05) is 19.5 Å². The molecular formula is C17H15F2N3O4S2. The smallest absolute Gasteiger partial charge is 0.274 e. The molecule has 0 radical (unpaired) electrons. The number of furan rings is 1. The van der Waals surface area contributed by atoms with Crippen molar-refractivity contribution in [1.82, 2.24) is 9.71 Å². The van der Waals surface area contributed by atoms with Crippen molar-refractivity contribution in [1.29, 1.82) is 0 Å². The van der Waals surface area contributed by atoms with Crippen LogP contribution in [-0.4, -0.2) is 19.3 Å². The first-order valence-corrected chi connectivity index (χ1v) is 10.2. The van der Waals surface area contributed by atoms with E-state index < -0.39 is 21.7 Å². The largest absolute Gasteiger partial charge is 0.442 e. The number of nitrogens with zero attached hydrogens (tertiary/aromatic N) is 1. The minimum atomic E-state index is -4.04. The average Bonchev–Trinajstić information content (AvgIpc) is 3.19. The first-order chi connectivity index (χ1) is 13.1. The Bertz CT molecular complexity index is 1120. The van der Waals surface area contributed by atoms with Crippen molar-refractivity contribution < 1.29 is 26.4 Å². The Morgan fingerprint density at radius 2 is 1.89 bits per heavy atom. The second-order valence-corrected chi connectivity index (χ2v) is 8.53. The van der Waals surface area contributed by atoms with Gasteiger partial charge in [-0.2, -0.15) is 0 Å². The van der Waals surface area contributed by atoms with Gasteiger partial charge in [0.05, 0.1) is 10.6 Å². The zero-order chi connectivity index (χ0) is 20.5. The van der Waals surface area contributed by atoms with E-state index in [-0.39, 0.29) is 28.9 Å². The molecular weight excluding hydrogens is 412 g/mol. The van der Waals surface area contributed by atoms with Crippen LogP contribution >= 0.6 is 11.3 Å². The number of anilines is 1. The van der Waals surface area contributed by atoms with Gasteiger partial charge in [0.1, 0.15) is 17.4 Å². The number of carbonyl (C=O) groups excluding carboxylic acids is 1. The minimum absolute atomic E-state index is 0.131. The monoisotopic (exact) mass is 427 g/mol. The van der Waals surface area contributed by atoms with E-state index in [1.54, 1.807) is 6.92 Å². The molecule has 0 unspecified atom stereocenters. The number of halogens is 2. The minimum Gasteiger partial charge on any atom is -0.442 e. The van der Waals surface area contributed by atoms with Crippen molar-refractivity contribution in [2.24, 2.45) is 0 Å². The van der Waals surface area contributed by atoms with E-state index in [4.69, 9.17) is 4.42 Å². The molecule has 3 aromatic rings. The Morgan fingerprint density at radius 3 is 2.54 bits per heavy atom. The Balaban J connectivity index is 1.78. The molecule has 7 nitrogen and oxygen atoms in total. The second kappa shape index (κ2) is 7.78. The molecule has 0 bridgehead atoms. The van der Waals surface area contributed by atoms with Crippen LogP contribution < -0.4 is 10.0 Å². The van der Waals surface area contributed by atoms with E-state index in [9.17, 15) is 22.0 Å². The Kier molecular flexibility index (Phi) is 5.59. The summed E-state index contributed by atoms with van der Waals surface area (Å²) < 4.78 is 58.9. The molecule has 28 heavy (non-hydrogen) atoms. The predicted octanol–water partition coefficient (Wildman–Crippen LogP) is 3.43. The zero-order valence-electron chi connectivity index (χ0n) is 14.7. The molecule has 3 rings (SSSR count). The number of hydrogen-bond acceptors (Lipinski definition) is 6. The van der Waals surface area contributed by atoms with Crippen LogP contribution in [0.15, 0.2) is 39.8 Å². The third-order valence-electron chi connectivity index (χ3n) is 3.54. The summed E-state index contributed by atoms with van der Waals surface area (Å²) >= 11 is 1.14. The van der Waals surface area contributed by atoms with Crippen LogP contribution in [0.4, 0.5) is 13.9 Å². The average molecular weight is 427 g/mol. The SMILES string of the molecule is CC(=O)Nc1nc(C)c(-c2ccc(S(=O)(=O)NCc3cc(F)cc(F)c3)o2)s1. The lowest BCUT2D eigenvalue weighted by Gasteiger charge is -2.05. The molecule has 0 aliphatic rings. The van der Waals surface area contributed by atoms with Crippen LogP contribution in [0, 0.1) is 18.6 Å². The van der Waals surface area contributed by atoms with E-state index in [0.717, 1.165) is 23.5 Å². The molecule has 0 saturated heterocycles. The van der Waals surface area contributed by atoms with Crippen molar-refractivity contribution >= 4 is 32.4 Å². The summed E-state index contributed by atoms with van der Waals surface area (Å²) in [4.78, 5) is 15.9. The highest BCUT2D eigenvalue weighted by molar-refractivity contribution is 7.89. The highest BCUT2D eigenvalue weighted by Gasteiger charge is 2.21. The van der Waals surface area contributed by atoms with E-state index in [1.807, 2.05) is 0 Å². The van der Waals surface area contributed by atoms with Gasteiger partial charge < -0.3 is 9.73 Å². The fourth-order valence-electron chi connectivity index (χ4n) is 2.38. The van der Waals surface area contributed by atoms with Gasteiger partial charge in [-0.1, -0.05) is 11.3 Å². The van der Waals surface area contributed by atoms with Crippen LogP contribution in [-0.2, 0) is 21.4 Å². The van der Waals surface area contributed by atoms with Gasteiger partial charge in [-0.15, -0.1) is 0 Å². The van der Waals surface area contributed by atoms with Crippen molar-refractivity contribution in [3.8, 4) is 10.6 Å². The predicted molar refractivity (Wildman–Crippen MR) is 99.2 cm³/mol. The number of aromatic nitrogens is 1. The number of amides is 1. The van der Waals surface area contributed by atoms with Gasteiger partial charge in [-0.3, -0.25) is 4.79 Å². The van der Waals surface area contributed by atoms with Crippen LogP contribution in [0.25, 0.3) is 10.6 Å². The first-order valence-electron chi connectivity index (χ1n) is 7.94. The lowest BCUT2D eigenvalue weighted by Crippen LogP contribution is -2.22. The molecule has 0 aliphatic heterocycles. The number of benzene rings is 1. The van der Waals surface area contributed by atoms with Crippen molar-refractivity contribution in [3.63, 3.8) is 0 Å². The van der Waals surface area contributed by atoms with Gasteiger partial charge in [0.2, 0.25) is 11.0 Å². The molecule has 0 saturated carbocycles. The molecule has 1 amide bonds. The third kappa shape index (κ3) is 4.61. The number of hydrogen-bond donors (Lipinski definition) is 2. The van der Waals surface area contributed by atoms with Crippen LogP contribution in [0.5, 0.6) is 0 Å². The van der Waals surface area contributed by atoms with Gasteiger partial charge in [0.15, 0.2) is 5.13 Å². The maximum Gasteiger partial charge on any atom is 0.274 e. The van der Waals surface area contributed by atoms with Crippen LogP contribution in [0.3, 0.4) is 0 Å². The number of rotatable bonds is 6. The maximum absolute atomic E-state index is 13.2. The molecule has 0 spiro atoms. The molecule has 2 heterocycles. The summed E-state index contributed by atoms with van der Waals surface area (Å²) in [6.45, 7) is 2.74. The molecule has 148 valence electrons. The number of sulfonamides is 1. The van der Waals surface area contributed by atoms with Crippen molar-refractivity contribution in [3.05, 3.63) is 53.2 Å².